The Morgan fingerprint density at radius 3 is 2.75 bits per heavy atom. The van der Waals surface area contributed by atoms with E-state index in [1.807, 2.05) is 23.1 Å². The van der Waals surface area contributed by atoms with Gasteiger partial charge in [0.1, 0.15) is 6.07 Å². The summed E-state index contributed by atoms with van der Waals surface area (Å²) in [4.78, 5) is 18.8. The fourth-order valence-electron chi connectivity index (χ4n) is 3.16. The predicted octanol–water partition coefficient (Wildman–Crippen LogP) is 4.10. The summed E-state index contributed by atoms with van der Waals surface area (Å²) in [6, 6.07) is 13.0. The van der Waals surface area contributed by atoms with Gasteiger partial charge in [0.15, 0.2) is 0 Å². The van der Waals surface area contributed by atoms with E-state index in [4.69, 9.17) is 0 Å². The minimum Gasteiger partial charge on any atom is -0.317 e. The molecule has 0 saturated carbocycles. The fourth-order valence-corrected chi connectivity index (χ4v) is 3.16. The lowest BCUT2D eigenvalue weighted by Crippen LogP contribution is -2.38. The Bertz CT molecular complexity index is 739. The molecule has 0 spiro atoms. The van der Waals surface area contributed by atoms with E-state index >= 15 is 0 Å². The van der Waals surface area contributed by atoms with Gasteiger partial charge in [0, 0.05) is 18.9 Å². The van der Waals surface area contributed by atoms with Crippen molar-refractivity contribution in [3.05, 3.63) is 59.9 Å². The van der Waals surface area contributed by atoms with Gasteiger partial charge in [0.25, 0.3) is 0 Å². The summed E-state index contributed by atoms with van der Waals surface area (Å²) in [6.07, 6.45) is 7.69. The van der Waals surface area contributed by atoms with Crippen molar-refractivity contribution >= 4 is 11.7 Å². The maximum absolute atomic E-state index is 12.9. The molecule has 0 radical (unpaired) electrons. The minimum absolute atomic E-state index is 0.0461. The highest BCUT2D eigenvalue weighted by molar-refractivity contribution is 5.91. The molecule has 1 N–H and O–H groups in total. The van der Waals surface area contributed by atoms with Gasteiger partial charge >= 0.3 is 6.03 Å². The zero-order valence-electron chi connectivity index (χ0n) is 13.5. The third-order valence-electron chi connectivity index (χ3n) is 4.39. The SMILES string of the molecule is N#Cc1ccccc1NC(=O)N1CCCCCC1c1ccncc1. The Hall–Kier alpha value is -2.87. The van der Waals surface area contributed by atoms with Gasteiger partial charge in [-0.15, -0.1) is 0 Å². The summed E-state index contributed by atoms with van der Waals surface area (Å²) in [7, 11) is 0. The van der Waals surface area contributed by atoms with Crippen LogP contribution in [0.15, 0.2) is 48.8 Å². The van der Waals surface area contributed by atoms with Crippen LogP contribution >= 0.6 is 0 Å². The highest BCUT2D eigenvalue weighted by Crippen LogP contribution is 2.30. The Morgan fingerprint density at radius 1 is 1.17 bits per heavy atom. The maximum Gasteiger partial charge on any atom is 0.322 e. The van der Waals surface area contributed by atoms with E-state index in [-0.39, 0.29) is 12.1 Å². The molecule has 2 amide bonds. The van der Waals surface area contributed by atoms with Gasteiger partial charge in [0.05, 0.1) is 17.3 Å². The van der Waals surface area contributed by atoms with Crippen LogP contribution in [-0.4, -0.2) is 22.5 Å². The molecule has 1 aromatic heterocycles. The van der Waals surface area contributed by atoms with Crippen molar-refractivity contribution in [3.63, 3.8) is 0 Å². The van der Waals surface area contributed by atoms with Crippen molar-refractivity contribution in [2.24, 2.45) is 0 Å². The third-order valence-corrected chi connectivity index (χ3v) is 4.39. The first-order valence-electron chi connectivity index (χ1n) is 8.26. The Balaban J connectivity index is 1.84. The number of nitrogens with zero attached hydrogens (tertiary/aromatic N) is 3. The van der Waals surface area contributed by atoms with Crippen LogP contribution in [0, 0.1) is 11.3 Å². The van der Waals surface area contributed by atoms with Gasteiger partial charge < -0.3 is 10.2 Å². The molecule has 1 aliphatic rings. The zero-order chi connectivity index (χ0) is 16.8. The number of hydrogen-bond donors (Lipinski definition) is 1. The molecule has 1 aliphatic heterocycles. The van der Waals surface area contributed by atoms with Gasteiger partial charge in [0.2, 0.25) is 0 Å². The van der Waals surface area contributed by atoms with E-state index in [0.29, 0.717) is 17.8 Å². The number of carbonyl (C=O) groups is 1. The second-order valence-corrected chi connectivity index (χ2v) is 5.93. The number of hydrogen-bond acceptors (Lipinski definition) is 3. The Kier molecular flexibility index (Phi) is 5.07. The number of anilines is 1. The number of para-hydroxylation sites is 1. The van der Waals surface area contributed by atoms with Gasteiger partial charge in [-0.3, -0.25) is 4.98 Å². The van der Waals surface area contributed by atoms with E-state index in [2.05, 4.69) is 16.4 Å². The first-order valence-corrected chi connectivity index (χ1v) is 8.26. The van der Waals surface area contributed by atoms with Crippen LogP contribution in [0.25, 0.3) is 0 Å². The van der Waals surface area contributed by atoms with Crippen molar-refractivity contribution < 1.29 is 4.79 Å². The van der Waals surface area contributed by atoms with Crippen LogP contribution in [-0.2, 0) is 0 Å². The molecule has 122 valence electrons. The number of benzene rings is 1. The summed E-state index contributed by atoms with van der Waals surface area (Å²) in [5.74, 6) is 0. The molecular weight excluding hydrogens is 300 g/mol. The van der Waals surface area contributed by atoms with Crippen molar-refractivity contribution in [3.8, 4) is 6.07 Å². The largest absolute Gasteiger partial charge is 0.322 e. The Morgan fingerprint density at radius 2 is 1.96 bits per heavy atom. The van der Waals surface area contributed by atoms with Crippen molar-refractivity contribution in [1.29, 1.82) is 5.26 Å². The highest BCUT2D eigenvalue weighted by Gasteiger charge is 2.27. The van der Waals surface area contributed by atoms with Crippen molar-refractivity contribution in [1.82, 2.24) is 9.88 Å². The summed E-state index contributed by atoms with van der Waals surface area (Å²) in [6.45, 7) is 0.716. The lowest BCUT2D eigenvalue weighted by Gasteiger charge is -2.30. The number of nitrogens with one attached hydrogen (secondary N) is 1. The topological polar surface area (TPSA) is 69.0 Å². The standard InChI is InChI=1S/C19H20N4O/c20-14-16-6-3-4-7-17(16)22-19(24)23-13-5-1-2-8-18(23)15-9-11-21-12-10-15/h3-4,6-7,9-12,18H,1-2,5,8,13H2,(H,22,24). The van der Waals surface area contributed by atoms with E-state index in [1.165, 1.54) is 0 Å². The molecule has 5 nitrogen and oxygen atoms in total. The van der Waals surface area contributed by atoms with Crippen LogP contribution in [0.5, 0.6) is 0 Å². The molecule has 2 heterocycles. The molecular formula is C19H20N4O. The highest BCUT2D eigenvalue weighted by atomic mass is 16.2. The molecule has 1 unspecified atom stereocenters. The molecule has 1 fully saturated rings. The van der Waals surface area contributed by atoms with Gasteiger partial charge in [-0.1, -0.05) is 25.0 Å². The predicted molar refractivity (Wildman–Crippen MR) is 92.3 cm³/mol. The van der Waals surface area contributed by atoms with Gasteiger partial charge in [-0.2, -0.15) is 5.26 Å². The van der Waals surface area contributed by atoms with Gasteiger partial charge in [-0.05, 0) is 42.7 Å². The lowest BCUT2D eigenvalue weighted by molar-refractivity contribution is 0.189. The quantitative estimate of drug-likeness (QED) is 0.905. The van der Waals surface area contributed by atoms with Gasteiger partial charge in [-0.25, -0.2) is 4.79 Å². The summed E-state index contributed by atoms with van der Waals surface area (Å²) in [5.41, 5.74) is 2.14. The molecule has 2 aromatic rings. The number of nitriles is 1. The van der Waals surface area contributed by atoms with E-state index in [0.717, 1.165) is 31.2 Å². The second-order valence-electron chi connectivity index (χ2n) is 5.93. The fraction of sp³-hybridized carbons (Fsp3) is 0.316. The Labute approximate surface area is 141 Å². The number of likely N-dealkylation sites (tertiary alicyclic amines) is 1. The lowest BCUT2D eigenvalue weighted by atomic mass is 10.0. The average molecular weight is 320 g/mol. The number of aromatic nitrogens is 1. The zero-order valence-corrected chi connectivity index (χ0v) is 13.5. The number of pyridine rings is 1. The monoisotopic (exact) mass is 320 g/mol. The normalized spacial score (nSPS) is 17.6. The number of carbonyl (C=O) groups excluding carboxylic acids is 1. The third kappa shape index (κ3) is 3.54. The molecule has 1 atom stereocenters. The molecule has 0 bridgehead atoms. The summed E-state index contributed by atoms with van der Waals surface area (Å²) in [5, 5.41) is 12.1. The summed E-state index contributed by atoms with van der Waals surface area (Å²) >= 11 is 0. The molecule has 1 saturated heterocycles. The van der Waals surface area contributed by atoms with Crippen molar-refractivity contribution in [2.75, 3.05) is 11.9 Å². The molecule has 5 heteroatoms. The summed E-state index contributed by atoms with van der Waals surface area (Å²) < 4.78 is 0. The first-order chi connectivity index (χ1) is 11.8. The smallest absolute Gasteiger partial charge is 0.317 e. The first kappa shape index (κ1) is 16.0. The number of amides is 2. The molecule has 3 rings (SSSR count). The second kappa shape index (κ2) is 7.60. The molecule has 1 aromatic carbocycles. The van der Waals surface area contributed by atoms with E-state index in [1.54, 1.807) is 30.6 Å². The average Bonchev–Trinajstić information content (AvgIpc) is 2.89. The number of urea groups is 1. The van der Waals surface area contributed by atoms with Crippen LogP contribution < -0.4 is 5.32 Å². The van der Waals surface area contributed by atoms with Crippen LogP contribution in [0.1, 0.15) is 42.9 Å². The maximum atomic E-state index is 12.9. The minimum atomic E-state index is -0.151. The van der Waals surface area contributed by atoms with Crippen molar-refractivity contribution in [2.45, 2.75) is 31.7 Å². The van der Waals surface area contributed by atoms with E-state index < -0.39 is 0 Å². The number of rotatable bonds is 2. The molecule has 24 heavy (non-hydrogen) atoms. The molecule has 0 aliphatic carbocycles. The van der Waals surface area contributed by atoms with Crippen LogP contribution in [0.3, 0.4) is 0 Å². The van der Waals surface area contributed by atoms with Crippen LogP contribution in [0.4, 0.5) is 10.5 Å². The van der Waals surface area contributed by atoms with Crippen LogP contribution in [0.2, 0.25) is 0 Å². The van der Waals surface area contributed by atoms with E-state index in [9.17, 15) is 10.1 Å².